The Morgan fingerprint density at radius 2 is 1.78 bits per heavy atom. The first-order valence-corrected chi connectivity index (χ1v) is 23.8. The number of hydrogen-bond acceptors (Lipinski definition) is 13. The van der Waals surface area contributed by atoms with E-state index in [1.54, 1.807) is 59.7 Å². The molecule has 4 aliphatic heterocycles. The lowest BCUT2D eigenvalue weighted by atomic mass is 10.0. The van der Waals surface area contributed by atoms with Gasteiger partial charge in [0.15, 0.2) is 5.82 Å². The Hall–Kier alpha value is -6.48. The molecule has 362 valence electrons. The summed E-state index contributed by atoms with van der Waals surface area (Å²) < 4.78 is 11.5. The lowest BCUT2D eigenvalue weighted by Crippen LogP contribution is -2.52. The summed E-state index contributed by atoms with van der Waals surface area (Å²) in [4.78, 5) is 95.5. The molecule has 2 aromatic carbocycles. The Morgan fingerprint density at radius 1 is 0.985 bits per heavy atom. The third-order valence-corrected chi connectivity index (χ3v) is 13.7. The minimum Gasteiger partial charge on any atom is -0.495 e. The van der Waals surface area contributed by atoms with E-state index in [9.17, 15) is 28.8 Å². The van der Waals surface area contributed by atoms with E-state index in [1.807, 2.05) is 18.7 Å². The summed E-state index contributed by atoms with van der Waals surface area (Å²) >= 11 is 1.68. The SMILES string of the molecule is C=N/C(=N\C1=C(C)N(C)C(=O)[C@@H](CC)N1Cc1ccc(C)s1)Nc1ccc(C(=O)NC2CCN(CCOCCNCC(=O)Nc3cccc4c3CN(C3CCC(=O)NC3=O)C4=O)CC2)cc1OC. The van der Waals surface area contributed by atoms with Crippen molar-refractivity contribution in [2.75, 3.05) is 70.7 Å². The Labute approximate surface area is 400 Å². The smallest absolute Gasteiger partial charge is 0.255 e. The molecule has 2 fully saturated rings. The van der Waals surface area contributed by atoms with E-state index in [0.29, 0.717) is 78.1 Å². The number of carbonyl (C=O) groups is 6. The van der Waals surface area contributed by atoms with Crippen LogP contribution in [0.15, 0.2) is 70.0 Å². The van der Waals surface area contributed by atoms with E-state index < -0.39 is 18.0 Å². The lowest BCUT2D eigenvalue weighted by Gasteiger charge is -2.40. The highest BCUT2D eigenvalue weighted by Gasteiger charge is 2.40. The van der Waals surface area contributed by atoms with Crippen LogP contribution < -0.4 is 31.3 Å². The van der Waals surface area contributed by atoms with E-state index in [0.717, 1.165) is 37.4 Å². The number of aryl methyl sites for hydroxylation is 1. The van der Waals surface area contributed by atoms with Crippen molar-refractivity contribution < 1.29 is 38.2 Å². The Bertz CT molecular complexity index is 2480. The molecule has 20 heteroatoms. The first-order chi connectivity index (χ1) is 32.8. The van der Waals surface area contributed by atoms with Crippen LogP contribution in [-0.2, 0) is 37.0 Å². The Morgan fingerprint density at radius 3 is 2.49 bits per heavy atom. The predicted octanol–water partition coefficient (Wildman–Crippen LogP) is 3.68. The van der Waals surface area contributed by atoms with Gasteiger partial charge in [0, 0.05) is 84.4 Å². The number of likely N-dealkylation sites (tertiary alicyclic amines) is 1. The third kappa shape index (κ3) is 11.6. The second kappa shape index (κ2) is 22.5. The van der Waals surface area contributed by atoms with Gasteiger partial charge in [0.2, 0.25) is 29.6 Å². The summed E-state index contributed by atoms with van der Waals surface area (Å²) in [7, 11) is 3.29. The van der Waals surface area contributed by atoms with Crippen LogP contribution in [0, 0.1) is 6.92 Å². The van der Waals surface area contributed by atoms with Crippen molar-refractivity contribution in [3.05, 3.63) is 86.5 Å². The standard InChI is InChI=1S/C48H61N11O8S/c1-7-38-47(65)56(5)30(3)43(58(38)27-33-13-11-29(2)68-33)55-48(49-4)53-37-14-12-31(25-40(37)66-6)44(62)51-32-17-20-57(21-18-32)22-24-67-23-19-50-26-42(61)52-36-10-8-9-34-35(36)28-59(46(34)64)39-15-16-41(60)54-45(39)63/h8-14,25,32,38-39,50H,4,7,15-24,26-28H2,1-3,5-6H3,(H,51,62)(H,52,61)(H,53,55)(H,54,60,63)/t38-,39?/m1/s1. The van der Waals surface area contributed by atoms with Gasteiger partial charge in [-0.2, -0.15) is 4.99 Å². The fraction of sp³-hybridized carbons (Fsp3) is 0.458. The number of hydrogen-bond donors (Lipinski definition) is 5. The highest BCUT2D eigenvalue weighted by Crippen LogP contribution is 2.34. The van der Waals surface area contributed by atoms with Crippen molar-refractivity contribution in [1.29, 1.82) is 0 Å². The molecule has 4 aliphatic rings. The molecule has 2 atom stereocenters. The number of nitrogens with zero attached hydrogens (tertiary/aromatic N) is 6. The first kappa shape index (κ1) is 49.4. The zero-order chi connectivity index (χ0) is 48.5. The van der Waals surface area contributed by atoms with Gasteiger partial charge in [0.1, 0.15) is 17.8 Å². The number of aliphatic imine (C=N–C) groups is 2. The maximum atomic E-state index is 13.4. The summed E-state index contributed by atoms with van der Waals surface area (Å²) in [5.41, 5.74) is 3.28. The first-order valence-electron chi connectivity index (χ1n) is 23.0. The van der Waals surface area contributed by atoms with Gasteiger partial charge in [-0.25, -0.2) is 4.99 Å². The highest BCUT2D eigenvalue weighted by molar-refractivity contribution is 7.11. The fourth-order valence-corrected chi connectivity index (χ4v) is 9.75. The Kier molecular flexibility index (Phi) is 16.4. The van der Waals surface area contributed by atoms with Gasteiger partial charge in [0.25, 0.3) is 11.8 Å². The number of piperidine rings is 2. The molecule has 0 aliphatic carbocycles. The number of guanidine groups is 1. The molecule has 3 aromatic rings. The van der Waals surface area contributed by atoms with Crippen LogP contribution in [0.1, 0.15) is 82.0 Å². The van der Waals surface area contributed by atoms with E-state index in [4.69, 9.17) is 14.5 Å². The van der Waals surface area contributed by atoms with Crippen LogP contribution >= 0.6 is 11.3 Å². The van der Waals surface area contributed by atoms with Gasteiger partial charge in [-0.05, 0) is 88.7 Å². The van der Waals surface area contributed by atoms with E-state index in [1.165, 1.54) is 16.9 Å². The van der Waals surface area contributed by atoms with Gasteiger partial charge in [-0.1, -0.05) is 13.0 Å². The van der Waals surface area contributed by atoms with E-state index in [-0.39, 0.29) is 67.5 Å². The van der Waals surface area contributed by atoms with Crippen molar-refractivity contribution in [3.8, 4) is 5.75 Å². The molecule has 6 amide bonds. The van der Waals surface area contributed by atoms with Crippen LogP contribution in [0.5, 0.6) is 5.75 Å². The van der Waals surface area contributed by atoms with Crippen molar-refractivity contribution >= 4 is 70.8 Å². The van der Waals surface area contributed by atoms with Crippen molar-refractivity contribution in [2.24, 2.45) is 9.98 Å². The van der Waals surface area contributed by atoms with Gasteiger partial charge < -0.3 is 50.3 Å². The minimum atomic E-state index is -0.733. The topological polar surface area (TPSA) is 219 Å². The molecule has 2 saturated heterocycles. The molecule has 0 radical (unpaired) electrons. The molecule has 1 aromatic heterocycles. The van der Waals surface area contributed by atoms with Crippen LogP contribution in [0.25, 0.3) is 0 Å². The predicted molar refractivity (Wildman–Crippen MR) is 259 cm³/mol. The molecule has 5 N–H and O–H groups in total. The maximum Gasteiger partial charge on any atom is 0.255 e. The molecule has 19 nitrogen and oxygen atoms in total. The molecule has 0 saturated carbocycles. The number of likely N-dealkylation sites (N-methyl/N-ethyl adjacent to an activating group) is 1. The fourth-order valence-electron chi connectivity index (χ4n) is 8.86. The number of amides is 6. The molecule has 0 bridgehead atoms. The largest absolute Gasteiger partial charge is 0.495 e. The second-order valence-electron chi connectivity index (χ2n) is 17.2. The molecule has 1 unspecified atom stereocenters. The zero-order valence-electron chi connectivity index (χ0n) is 39.3. The lowest BCUT2D eigenvalue weighted by molar-refractivity contribution is -0.137. The number of benzene rings is 2. The summed E-state index contributed by atoms with van der Waals surface area (Å²) in [5.74, 6) is -0.348. The molecular weight excluding hydrogens is 891 g/mol. The van der Waals surface area contributed by atoms with Crippen LogP contribution in [0.3, 0.4) is 0 Å². The van der Waals surface area contributed by atoms with Gasteiger partial charge in [-0.3, -0.25) is 34.1 Å². The van der Waals surface area contributed by atoms with E-state index >= 15 is 0 Å². The molecule has 7 rings (SSSR count). The number of rotatable bonds is 18. The molecule has 68 heavy (non-hydrogen) atoms. The number of nitrogens with one attached hydrogen (secondary N) is 5. The average Bonchev–Trinajstić information content (AvgIpc) is 3.90. The minimum absolute atomic E-state index is 0.00765. The van der Waals surface area contributed by atoms with Gasteiger partial charge in [-0.15, -0.1) is 11.3 Å². The third-order valence-electron chi connectivity index (χ3n) is 12.7. The average molecular weight is 952 g/mol. The summed E-state index contributed by atoms with van der Waals surface area (Å²) in [6, 6.07) is 13.3. The molecule has 0 spiro atoms. The summed E-state index contributed by atoms with van der Waals surface area (Å²) in [6.07, 6.45) is 2.61. The summed E-state index contributed by atoms with van der Waals surface area (Å²) in [5, 5.41) is 14.7. The quantitative estimate of drug-likeness (QED) is 0.0534. The van der Waals surface area contributed by atoms with Crippen LogP contribution in [0.4, 0.5) is 11.4 Å². The zero-order valence-corrected chi connectivity index (χ0v) is 40.1. The number of ether oxygens (including phenoxy) is 2. The van der Waals surface area contributed by atoms with Crippen LogP contribution in [-0.4, -0.2) is 146 Å². The number of fused-ring (bicyclic) bond motifs is 1. The number of anilines is 2. The van der Waals surface area contributed by atoms with Gasteiger partial charge >= 0.3 is 0 Å². The monoisotopic (exact) mass is 951 g/mol. The summed E-state index contributed by atoms with van der Waals surface area (Å²) in [6.45, 7) is 14.2. The Balaban J connectivity index is 0.817. The number of carbonyl (C=O) groups excluding carboxylic acids is 6. The number of thiophene rings is 1. The van der Waals surface area contributed by atoms with Crippen molar-refractivity contribution in [2.45, 2.75) is 84.1 Å². The highest BCUT2D eigenvalue weighted by atomic mass is 32.1. The number of methoxy groups -OCH3 is 1. The second-order valence-corrected chi connectivity index (χ2v) is 18.5. The van der Waals surface area contributed by atoms with Gasteiger partial charge in [0.05, 0.1) is 44.8 Å². The van der Waals surface area contributed by atoms with Crippen molar-refractivity contribution in [3.63, 3.8) is 0 Å². The van der Waals surface area contributed by atoms with Crippen LogP contribution in [0.2, 0.25) is 0 Å². The molecule has 5 heterocycles. The normalized spacial score (nSPS) is 19.3. The van der Waals surface area contributed by atoms with E-state index in [2.05, 4.69) is 62.3 Å². The van der Waals surface area contributed by atoms with Crippen molar-refractivity contribution in [1.82, 2.24) is 35.6 Å². The molecular formula is C48H61N11O8S. The maximum absolute atomic E-state index is 13.4. The number of allylic oxidation sites excluding steroid dienone is 1. The number of imide groups is 1.